The van der Waals surface area contributed by atoms with Crippen molar-refractivity contribution in [3.8, 4) is 0 Å². The van der Waals surface area contributed by atoms with E-state index in [2.05, 4.69) is 32.8 Å². The molecule has 3 N–H and O–H groups in total. The van der Waals surface area contributed by atoms with Crippen LogP contribution in [-0.4, -0.2) is 55.0 Å². The zero-order valence-corrected chi connectivity index (χ0v) is 19.8. The highest BCUT2D eigenvalue weighted by Gasteiger charge is 2.48. The molecule has 3 atom stereocenters. The Kier molecular flexibility index (Phi) is 8.39. The second kappa shape index (κ2) is 10.1. The number of aliphatic imine (C=N–C) groups is 1. The van der Waals surface area contributed by atoms with Gasteiger partial charge in [-0.3, -0.25) is 15.1 Å². The number of carbonyl (C=O) groups is 2. The van der Waals surface area contributed by atoms with Gasteiger partial charge < -0.3 is 15.5 Å². The van der Waals surface area contributed by atoms with Crippen molar-refractivity contribution in [1.82, 2.24) is 20.9 Å². The van der Waals surface area contributed by atoms with Gasteiger partial charge in [0.05, 0.1) is 0 Å². The molecule has 3 amide bonds. The van der Waals surface area contributed by atoms with Gasteiger partial charge in [-0.05, 0) is 43.9 Å². The zero-order chi connectivity index (χ0) is 19.4. The van der Waals surface area contributed by atoms with Gasteiger partial charge >= 0.3 is 6.03 Å². The monoisotopic (exact) mass is 505 g/mol. The maximum Gasteiger partial charge on any atom is 0.322 e. The predicted octanol–water partition coefficient (Wildman–Crippen LogP) is 2.71. The second-order valence-electron chi connectivity index (χ2n) is 8.66. The number of likely N-dealkylation sites (tertiary alicyclic amines) is 1. The van der Waals surface area contributed by atoms with Crippen LogP contribution >= 0.6 is 24.0 Å². The van der Waals surface area contributed by atoms with Crippen LogP contribution in [0.3, 0.4) is 0 Å². The van der Waals surface area contributed by atoms with E-state index in [0.717, 1.165) is 50.3 Å². The Morgan fingerprint density at radius 1 is 1.21 bits per heavy atom. The summed E-state index contributed by atoms with van der Waals surface area (Å²) < 4.78 is 0. The number of nitrogens with one attached hydrogen (secondary N) is 3. The van der Waals surface area contributed by atoms with Crippen LogP contribution in [0, 0.1) is 17.8 Å². The van der Waals surface area contributed by atoms with Crippen molar-refractivity contribution in [2.45, 2.75) is 64.3 Å². The van der Waals surface area contributed by atoms with E-state index < -0.39 is 5.54 Å². The third kappa shape index (κ3) is 5.10. The molecule has 0 aromatic heterocycles. The molecule has 160 valence electrons. The van der Waals surface area contributed by atoms with Crippen molar-refractivity contribution in [3.05, 3.63) is 0 Å². The number of nitrogens with zero attached hydrogens (tertiary/aromatic N) is 2. The summed E-state index contributed by atoms with van der Waals surface area (Å²) in [5.41, 5.74) is -0.781. The summed E-state index contributed by atoms with van der Waals surface area (Å²) in [7, 11) is 1.84. The third-order valence-electron chi connectivity index (χ3n) is 6.98. The number of guanidine groups is 1. The Hall–Kier alpha value is -1.06. The fourth-order valence-electron chi connectivity index (χ4n) is 5.04. The molecule has 2 heterocycles. The SMILES string of the molecule is CN=C(NCCC1CCCCC1C)N1CCC(C2(C)NC(=O)NC2=O)CC1.I. The first-order chi connectivity index (χ1) is 12.9. The minimum atomic E-state index is -0.781. The quantitative estimate of drug-likeness (QED) is 0.238. The average molecular weight is 505 g/mol. The number of rotatable bonds is 4. The highest BCUT2D eigenvalue weighted by atomic mass is 127. The maximum absolute atomic E-state index is 12.2. The molecule has 28 heavy (non-hydrogen) atoms. The van der Waals surface area contributed by atoms with Crippen molar-refractivity contribution in [3.63, 3.8) is 0 Å². The van der Waals surface area contributed by atoms with Crippen LogP contribution in [0.4, 0.5) is 4.79 Å². The summed E-state index contributed by atoms with van der Waals surface area (Å²) in [6.07, 6.45) is 8.43. The van der Waals surface area contributed by atoms with Crippen LogP contribution in [0.5, 0.6) is 0 Å². The molecule has 2 saturated heterocycles. The Morgan fingerprint density at radius 2 is 1.89 bits per heavy atom. The number of amides is 3. The summed E-state index contributed by atoms with van der Waals surface area (Å²) in [4.78, 5) is 30.4. The molecule has 1 aliphatic carbocycles. The summed E-state index contributed by atoms with van der Waals surface area (Å²) in [5.74, 6) is 2.59. The van der Waals surface area contributed by atoms with Gasteiger partial charge in [0, 0.05) is 26.7 Å². The highest BCUT2D eigenvalue weighted by Crippen LogP contribution is 2.32. The van der Waals surface area contributed by atoms with E-state index >= 15 is 0 Å². The van der Waals surface area contributed by atoms with Gasteiger partial charge in [-0.2, -0.15) is 0 Å². The van der Waals surface area contributed by atoms with E-state index in [9.17, 15) is 9.59 Å². The van der Waals surface area contributed by atoms with E-state index in [1.165, 1.54) is 32.1 Å². The number of halogens is 1. The Labute approximate surface area is 185 Å². The van der Waals surface area contributed by atoms with Gasteiger partial charge in [-0.25, -0.2) is 4.79 Å². The summed E-state index contributed by atoms with van der Waals surface area (Å²) in [6.45, 7) is 6.90. The molecule has 7 nitrogen and oxygen atoms in total. The van der Waals surface area contributed by atoms with Crippen LogP contribution in [-0.2, 0) is 4.79 Å². The van der Waals surface area contributed by atoms with Gasteiger partial charge in [0.2, 0.25) is 0 Å². The Balaban J connectivity index is 0.00000280. The first-order valence-electron chi connectivity index (χ1n) is 10.5. The lowest BCUT2D eigenvalue weighted by Crippen LogP contribution is -2.55. The Bertz CT molecular complexity index is 591. The third-order valence-corrected chi connectivity index (χ3v) is 6.98. The standard InChI is InChI=1S/C20H35N5O2.HI/c1-14-6-4-5-7-15(14)8-11-22-18(21-3)25-12-9-16(10-13-25)20(2)17(26)23-19(27)24-20;/h14-16H,4-13H2,1-3H3,(H,21,22)(H2,23,24,26,27);1H. The van der Waals surface area contributed by atoms with Crippen molar-refractivity contribution in [2.24, 2.45) is 22.7 Å². The van der Waals surface area contributed by atoms with E-state index in [-0.39, 0.29) is 41.8 Å². The van der Waals surface area contributed by atoms with E-state index in [0.29, 0.717) is 0 Å². The van der Waals surface area contributed by atoms with E-state index in [1.54, 1.807) is 0 Å². The molecule has 0 spiro atoms. The number of carbonyl (C=O) groups excluding carboxylic acids is 2. The van der Waals surface area contributed by atoms with Crippen molar-refractivity contribution in [1.29, 1.82) is 0 Å². The van der Waals surface area contributed by atoms with Gasteiger partial charge in [0.15, 0.2) is 5.96 Å². The van der Waals surface area contributed by atoms with E-state index in [4.69, 9.17) is 0 Å². The molecule has 1 saturated carbocycles. The molecule has 0 aromatic carbocycles. The molecule has 2 aliphatic heterocycles. The van der Waals surface area contributed by atoms with E-state index in [1.807, 2.05) is 14.0 Å². The maximum atomic E-state index is 12.2. The van der Waals surface area contributed by atoms with Crippen LogP contribution < -0.4 is 16.0 Å². The first kappa shape index (κ1) is 23.2. The Morgan fingerprint density at radius 3 is 2.46 bits per heavy atom. The molecule has 3 unspecified atom stereocenters. The lowest BCUT2D eigenvalue weighted by Gasteiger charge is -2.39. The molecule has 0 aromatic rings. The first-order valence-corrected chi connectivity index (χ1v) is 10.5. The smallest absolute Gasteiger partial charge is 0.322 e. The molecule has 0 bridgehead atoms. The molecule has 8 heteroatoms. The molecule has 3 fully saturated rings. The van der Waals surface area contributed by atoms with Gasteiger partial charge in [-0.15, -0.1) is 24.0 Å². The lowest BCUT2D eigenvalue weighted by atomic mass is 9.78. The largest absolute Gasteiger partial charge is 0.356 e. The molecule has 3 rings (SSSR count). The van der Waals surface area contributed by atoms with Crippen molar-refractivity contribution < 1.29 is 9.59 Å². The van der Waals surface area contributed by atoms with Crippen molar-refractivity contribution >= 4 is 41.9 Å². The van der Waals surface area contributed by atoms with Crippen LogP contribution in [0.25, 0.3) is 0 Å². The minimum Gasteiger partial charge on any atom is -0.356 e. The minimum absolute atomic E-state index is 0. The van der Waals surface area contributed by atoms with Gasteiger partial charge in [-0.1, -0.05) is 32.6 Å². The number of urea groups is 1. The fraction of sp³-hybridized carbons (Fsp3) is 0.850. The number of imide groups is 1. The molecular weight excluding hydrogens is 469 g/mol. The summed E-state index contributed by atoms with van der Waals surface area (Å²) >= 11 is 0. The average Bonchev–Trinajstić information content (AvgIpc) is 2.93. The summed E-state index contributed by atoms with van der Waals surface area (Å²) in [6, 6.07) is -0.376. The number of hydrogen-bond donors (Lipinski definition) is 3. The van der Waals surface area contributed by atoms with Crippen molar-refractivity contribution in [2.75, 3.05) is 26.7 Å². The van der Waals surface area contributed by atoms with Gasteiger partial charge in [0.25, 0.3) is 5.91 Å². The second-order valence-corrected chi connectivity index (χ2v) is 8.66. The molecular formula is C20H36IN5O2. The fourth-order valence-corrected chi connectivity index (χ4v) is 5.04. The number of piperidine rings is 1. The zero-order valence-electron chi connectivity index (χ0n) is 17.4. The summed E-state index contributed by atoms with van der Waals surface area (Å²) in [5, 5.41) is 8.74. The normalized spacial score (nSPS) is 31.8. The van der Waals surface area contributed by atoms with Crippen LogP contribution in [0.15, 0.2) is 4.99 Å². The van der Waals surface area contributed by atoms with Crippen LogP contribution in [0.2, 0.25) is 0 Å². The topological polar surface area (TPSA) is 85.8 Å². The number of hydrogen-bond acceptors (Lipinski definition) is 3. The van der Waals surface area contributed by atoms with Crippen LogP contribution in [0.1, 0.15) is 58.8 Å². The van der Waals surface area contributed by atoms with Gasteiger partial charge in [0.1, 0.15) is 5.54 Å². The molecule has 0 radical (unpaired) electrons. The molecule has 3 aliphatic rings. The highest BCUT2D eigenvalue weighted by molar-refractivity contribution is 14.0. The predicted molar refractivity (Wildman–Crippen MR) is 122 cm³/mol. The lowest BCUT2D eigenvalue weighted by molar-refractivity contribution is -0.125.